The zero-order valence-corrected chi connectivity index (χ0v) is 19.6. The third kappa shape index (κ3) is 3.85. The zero-order valence-electron chi connectivity index (χ0n) is 19.6. The Labute approximate surface area is 201 Å². The van der Waals surface area contributed by atoms with Gasteiger partial charge in [-0.1, -0.05) is 30.3 Å². The maximum atomic E-state index is 13.2. The van der Waals surface area contributed by atoms with Gasteiger partial charge in [0.15, 0.2) is 5.43 Å². The van der Waals surface area contributed by atoms with Crippen molar-refractivity contribution in [2.45, 2.75) is 26.4 Å². The minimum absolute atomic E-state index is 0.0591. The smallest absolute Gasteiger partial charge is 0.337 e. The van der Waals surface area contributed by atoms with Gasteiger partial charge in [0.2, 0.25) is 0 Å². The first kappa shape index (κ1) is 22.4. The van der Waals surface area contributed by atoms with Crippen molar-refractivity contribution in [2.75, 3.05) is 12.4 Å². The number of nitrogens with one attached hydrogen (secondary N) is 1. The molecule has 1 aliphatic heterocycles. The van der Waals surface area contributed by atoms with Crippen LogP contribution in [0.1, 0.15) is 50.4 Å². The Kier molecular flexibility index (Phi) is 5.40. The van der Waals surface area contributed by atoms with E-state index in [0.717, 1.165) is 16.7 Å². The molecule has 2 heterocycles. The van der Waals surface area contributed by atoms with Gasteiger partial charge >= 0.3 is 5.97 Å². The van der Waals surface area contributed by atoms with Gasteiger partial charge in [-0.25, -0.2) is 4.79 Å². The Morgan fingerprint density at radius 1 is 1.06 bits per heavy atom. The van der Waals surface area contributed by atoms with Crippen molar-refractivity contribution in [1.29, 1.82) is 0 Å². The molecule has 1 amide bonds. The van der Waals surface area contributed by atoms with Gasteiger partial charge in [-0.05, 0) is 49.2 Å². The molecule has 176 valence electrons. The van der Waals surface area contributed by atoms with Gasteiger partial charge in [-0.15, -0.1) is 0 Å². The number of aromatic carboxylic acids is 1. The van der Waals surface area contributed by atoms with E-state index in [2.05, 4.69) is 5.32 Å². The number of nitrogens with zero attached hydrogens (tertiary/aromatic N) is 1. The largest absolute Gasteiger partial charge is 0.478 e. The highest BCUT2D eigenvalue weighted by Crippen LogP contribution is 2.35. The molecular formula is C28H24N2O5. The molecule has 0 bridgehead atoms. The van der Waals surface area contributed by atoms with Gasteiger partial charge in [0, 0.05) is 42.0 Å². The van der Waals surface area contributed by atoms with Crippen LogP contribution < -0.4 is 10.7 Å². The van der Waals surface area contributed by atoms with E-state index in [0.29, 0.717) is 40.1 Å². The number of fused-ring (bicyclic) bond motifs is 2. The van der Waals surface area contributed by atoms with Crippen molar-refractivity contribution in [3.05, 3.63) is 98.7 Å². The average Bonchev–Trinajstić information content (AvgIpc) is 3.12. The van der Waals surface area contributed by atoms with Gasteiger partial charge in [-0.2, -0.15) is 0 Å². The lowest BCUT2D eigenvalue weighted by molar-refractivity contribution is 0.0697. The van der Waals surface area contributed by atoms with Crippen LogP contribution in [-0.4, -0.2) is 28.9 Å². The summed E-state index contributed by atoms with van der Waals surface area (Å²) < 4.78 is 6.36. The topological polar surface area (TPSA) is 99.8 Å². The van der Waals surface area contributed by atoms with Crippen LogP contribution in [0.15, 0.2) is 69.9 Å². The second kappa shape index (κ2) is 8.43. The minimum Gasteiger partial charge on any atom is -0.478 e. The number of carboxylic acids is 1. The molecule has 0 saturated heterocycles. The van der Waals surface area contributed by atoms with Crippen LogP contribution in [0.3, 0.4) is 0 Å². The SMILES string of the molecule is Cc1cc(C(C)Nc2ccccc2C(=O)O)c2oc(-c3cccc4c3CN(C)C4=O)cc(=O)c2c1. The van der Waals surface area contributed by atoms with Crippen molar-refractivity contribution in [3.63, 3.8) is 0 Å². The predicted octanol–water partition coefficient (Wildman–Crippen LogP) is 5.23. The molecule has 7 heteroatoms. The first-order chi connectivity index (χ1) is 16.7. The molecule has 0 radical (unpaired) electrons. The fourth-order valence-electron chi connectivity index (χ4n) is 4.70. The molecule has 5 rings (SSSR count). The van der Waals surface area contributed by atoms with Crippen LogP contribution in [0.2, 0.25) is 0 Å². The number of aryl methyl sites for hydroxylation is 1. The van der Waals surface area contributed by atoms with Crippen LogP contribution in [0.4, 0.5) is 5.69 Å². The van der Waals surface area contributed by atoms with E-state index in [1.54, 1.807) is 48.3 Å². The standard InChI is InChI=1S/C28H24N2O5/c1-15-11-20(16(2)29-23-10-5-4-7-19(23)28(33)34)26-21(12-15)24(31)13-25(35-26)17-8-6-9-18-22(17)14-30(3)27(18)32/h4-13,16,29H,14H2,1-3H3,(H,33,34). The Hall–Kier alpha value is -4.39. The molecule has 1 atom stereocenters. The van der Waals surface area contributed by atoms with Crippen molar-refractivity contribution in [3.8, 4) is 11.3 Å². The summed E-state index contributed by atoms with van der Waals surface area (Å²) in [6.07, 6.45) is 0. The fourth-order valence-corrected chi connectivity index (χ4v) is 4.70. The lowest BCUT2D eigenvalue weighted by Crippen LogP contribution is -2.17. The number of para-hydroxylation sites is 1. The second-order valence-electron chi connectivity index (χ2n) is 8.92. The Morgan fingerprint density at radius 2 is 1.80 bits per heavy atom. The normalized spacial score (nSPS) is 13.7. The third-order valence-electron chi connectivity index (χ3n) is 6.41. The Balaban J connectivity index is 1.66. The van der Waals surface area contributed by atoms with E-state index in [1.807, 2.05) is 26.0 Å². The molecule has 1 unspecified atom stereocenters. The summed E-state index contributed by atoms with van der Waals surface area (Å²) in [6, 6.07) is 17.0. The van der Waals surface area contributed by atoms with Gasteiger partial charge in [0.1, 0.15) is 11.3 Å². The quantitative estimate of drug-likeness (QED) is 0.416. The number of hydrogen-bond acceptors (Lipinski definition) is 5. The number of benzene rings is 3. The van der Waals surface area contributed by atoms with E-state index in [4.69, 9.17) is 4.42 Å². The summed E-state index contributed by atoms with van der Waals surface area (Å²) >= 11 is 0. The molecule has 7 nitrogen and oxygen atoms in total. The highest BCUT2D eigenvalue weighted by atomic mass is 16.4. The number of anilines is 1. The summed E-state index contributed by atoms with van der Waals surface area (Å²) in [7, 11) is 1.74. The summed E-state index contributed by atoms with van der Waals surface area (Å²) in [5.74, 6) is -0.692. The van der Waals surface area contributed by atoms with E-state index < -0.39 is 5.97 Å². The fraction of sp³-hybridized carbons (Fsp3) is 0.179. The van der Waals surface area contributed by atoms with Crippen LogP contribution in [-0.2, 0) is 6.54 Å². The molecule has 0 spiro atoms. The number of carbonyl (C=O) groups excluding carboxylic acids is 1. The molecule has 0 saturated carbocycles. The lowest BCUT2D eigenvalue weighted by atomic mass is 9.98. The van der Waals surface area contributed by atoms with E-state index >= 15 is 0 Å². The van der Waals surface area contributed by atoms with Crippen LogP contribution in [0, 0.1) is 6.92 Å². The van der Waals surface area contributed by atoms with Gasteiger partial charge < -0.3 is 19.7 Å². The summed E-state index contributed by atoms with van der Waals surface area (Å²) in [4.78, 5) is 39.0. The Bertz CT molecular complexity index is 1570. The number of amides is 1. The minimum atomic E-state index is -1.03. The van der Waals surface area contributed by atoms with E-state index in [9.17, 15) is 19.5 Å². The van der Waals surface area contributed by atoms with Gasteiger partial charge in [0.05, 0.1) is 17.0 Å². The average molecular weight is 469 g/mol. The van der Waals surface area contributed by atoms with Gasteiger partial charge in [0.25, 0.3) is 5.91 Å². The predicted molar refractivity (Wildman–Crippen MR) is 134 cm³/mol. The molecule has 0 fully saturated rings. The number of rotatable bonds is 5. The molecule has 35 heavy (non-hydrogen) atoms. The van der Waals surface area contributed by atoms with Crippen molar-refractivity contribution < 1.29 is 19.1 Å². The zero-order chi connectivity index (χ0) is 24.9. The monoisotopic (exact) mass is 468 g/mol. The van der Waals surface area contributed by atoms with Crippen LogP contribution >= 0.6 is 0 Å². The first-order valence-corrected chi connectivity index (χ1v) is 11.3. The molecule has 4 aromatic rings. The molecule has 1 aromatic heterocycles. The lowest BCUT2D eigenvalue weighted by Gasteiger charge is -2.19. The summed E-state index contributed by atoms with van der Waals surface area (Å²) in [6.45, 7) is 4.24. The van der Waals surface area contributed by atoms with Crippen molar-refractivity contribution in [1.82, 2.24) is 4.90 Å². The molecule has 0 aliphatic carbocycles. The highest BCUT2D eigenvalue weighted by Gasteiger charge is 2.28. The third-order valence-corrected chi connectivity index (χ3v) is 6.41. The number of hydrogen-bond donors (Lipinski definition) is 2. The number of carboxylic acid groups (broad SMARTS) is 1. The molecular weight excluding hydrogens is 444 g/mol. The number of carbonyl (C=O) groups is 2. The van der Waals surface area contributed by atoms with E-state index in [1.165, 1.54) is 12.1 Å². The van der Waals surface area contributed by atoms with Gasteiger partial charge in [-0.3, -0.25) is 9.59 Å². The van der Waals surface area contributed by atoms with E-state index in [-0.39, 0.29) is 22.9 Å². The van der Waals surface area contributed by atoms with Crippen molar-refractivity contribution >= 4 is 28.5 Å². The van der Waals surface area contributed by atoms with Crippen LogP contribution in [0.25, 0.3) is 22.3 Å². The summed E-state index contributed by atoms with van der Waals surface area (Å²) in [5.41, 5.74) is 4.66. The molecule has 3 aromatic carbocycles. The maximum absolute atomic E-state index is 13.2. The molecule has 2 N–H and O–H groups in total. The molecule has 1 aliphatic rings. The second-order valence-corrected chi connectivity index (χ2v) is 8.92. The highest BCUT2D eigenvalue weighted by molar-refractivity contribution is 6.00. The first-order valence-electron chi connectivity index (χ1n) is 11.3. The maximum Gasteiger partial charge on any atom is 0.337 e. The Morgan fingerprint density at radius 3 is 2.57 bits per heavy atom. The van der Waals surface area contributed by atoms with Crippen molar-refractivity contribution in [2.24, 2.45) is 0 Å². The van der Waals surface area contributed by atoms with Crippen LogP contribution in [0.5, 0.6) is 0 Å². The summed E-state index contributed by atoms with van der Waals surface area (Å²) in [5, 5.41) is 13.3.